The Bertz CT molecular complexity index is 1140. The summed E-state index contributed by atoms with van der Waals surface area (Å²) in [7, 11) is 0. The van der Waals surface area contributed by atoms with Crippen molar-refractivity contribution in [2.75, 3.05) is 5.32 Å². The van der Waals surface area contributed by atoms with E-state index in [1.165, 1.54) is 0 Å². The number of hydrogen-bond acceptors (Lipinski definition) is 2. The molecule has 0 unspecified atom stereocenters. The minimum Gasteiger partial charge on any atom is -0.324 e. The summed E-state index contributed by atoms with van der Waals surface area (Å²) in [4.78, 5) is 17.6. The summed E-state index contributed by atoms with van der Waals surface area (Å²) in [5.74, 6) is 0.658. The van der Waals surface area contributed by atoms with Gasteiger partial charge in [-0.3, -0.25) is 4.79 Å². The Labute approximate surface area is 168 Å². The molecule has 1 heterocycles. The zero-order valence-electron chi connectivity index (χ0n) is 15.7. The predicted octanol–water partition coefficient (Wildman–Crippen LogP) is 5.61. The first-order valence-electron chi connectivity index (χ1n) is 9.10. The third-order valence-electron chi connectivity index (χ3n) is 4.80. The number of anilines is 1. The molecule has 0 aliphatic carbocycles. The highest BCUT2D eigenvalue weighted by molar-refractivity contribution is 6.30. The van der Waals surface area contributed by atoms with Crippen molar-refractivity contribution in [3.05, 3.63) is 82.9 Å². The van der Waals surface area contributed by atoms with Gasteiger partial charge in [0.05, 0.1) is 11.0 Å². The van der Waals surface area contributed by atoms with Gasteiger partial charge in [-0.1, -0.05) is 41.9 Å². The van der Waals surface area contributed by atoms with Crippen molar-refractivity contribution in [3.8, 4) is 11.4 Å². The number of benzene rings is 3. The maximum absolute atomic E-state index is 12.9. The van der Waals surface area contributed by atoms with Gasteiger partial charge in [-0.15, -0.1) is 0 Å². The lowest BCUT2D eigenvalue weighted by atomic mass is 10.1. The molecule has 0 saturated heterocycles. The van der Waals surface area contributed by atoms with Crippen LogP contribution in [0.15, 0.2) is 66.7 Å². The predicted molar refractivity (Wildman–Crippen MR) is 115 cm³/mol. The molecule has 3 aromatic carbocycles. The maximum Gasteiger partial charge on any atom is 0.244 e. The van der Waals surface area contributed by atoms with E-state index in [0.29, 0.717) is 5.02 Å². The molecule has 0 saturated carbocycles. The van der Waals surface area contributed by atoms with Crippen LogP contribution in [0.1, 0.15) is 11.1 Å². The standard InChI is InChI=1S/C23H20ClN3O/c1-15-6-5-7-16(2)22(15)26-21(28)14-27-20-9-4-3-8-19(20)25-23(27)17-10-12-18(24)13-11-17/h3-13H,14H2,1-2H3,(H,26,28). The number of rotatable bonds is 4. The smallest absolute Gasteiger partial charge is 0.244 e. The second kappa shape index (κ2) is 7.49. The molecule has 140 valence electrons. The highest BCUT2D eigenvalue weighted by Crippen LogP contribution is 2.26. The zero-order chi connectivity index (χ0) is 19.7. The van der Waals surface area contributed by atoms with E-state index < -0.39 is 0 Å². The lowest BCUT2D eigenvalue weighted by molar-refractivity contribution is -0.116. The van der Waals surface area contributed by atoms with E-state index in [2.05, 4.69) is 5.32 Å². The zero-order valence-corrected chi connectivity index (χ0v) is 16.5. The van der Waals surface area contributed by atoms with Crippen LogP contribution >= 0.6 is 11.6 Å². The van der Waals surface area contributed by atoms with Gasteiger partial charge in [-0.2, -0.15) is 0 Å². The van der Waals surface area contributed by atoms with Gasteiger partial charge in [0.1, 0.15) is 12.4 Å². The number of imidazole rings is 1. The molecule has 0 atom stereocenters. The molecule has 0 aliphatic heterocycles. The first-order valence-corrected chi connectivity index (χ1v) is 9.48. The van der Waals surface area contributed by atoms with E-state index in [9.17, 15) is 4.79 Å². The van der Waals surface area contributed by atoms with Crippen LogP contribution in [0.3, 0.4) is 0 Å². The molecule has 0 fully saturated rings. The third kappa shape index (κ3) is 3.51. The minimum atomic E-state index is -0.0873. The Hall–Kier alpha value is -3.11. The highest BCUT2D eigenvalue weighted by atomic mass is 35.5. The fourth-order valence-electron chi connectivity index (χ4n) is 3.39. The highest BCUT2D eigenvalue weighted by Gasteiger charge is 2.16. The Morgan fingerprint density at radius 1 is 0.964 bits per heavy atom. The van der Waals surface area contributed by atoms with Gasteiger partial charge in [0.2, 0.25) is 5.91 Å². The average molecular weight is 390 g/mol. The van der Waals surface area contributed by atoms with Crippen LogP contribution < -0.4 is 5.32 Å². The van der Waals surface area contributed by atoms with E-state index in [-0.39, 0.29) is 12.5 Å². The van der Waals surface area contributed by atoms with Gasteiger partial charge in [0, 0.05) is 16.3 Å². The number of carbonyl (C=O) groups is 1. The van der Waals surface area contributed by atoms with E-state index in [1.807, 2.05) is 85.1 Å². The van der Waals surface area contributed by atoms with Crippen molar-refractivity contribution in [2.45, 2.75) is 20.4 Å². The molecule has 4 rings (SSSR count). The van der Waals surface area contributed by atoms with Gasteiger partial charge in [0.15, 0.2) is 0 Å². The van der Waals surface area contributed by atoms with Crippen molar-refractivity contribution in [1.29, 1.82) is 0 Å². The summed E-state index contributed by atoms with van der Waals surface area (Å²) >= 11 is 6.03. The molecule has 0 radical (unpaired) electrons. The number of para-hydroxylation sites is 3. The van der Waals surface area contributed by atoms with Gasteiger partial charge in [0.25, 0.3) is 0 Å². The number of aromatic nitrogens is 2. The van der Waals surface area contributed by atoms with Crippen LogP contribution in [0, 0.1) is 13.8 Å². The quantitative estimate of drug-likeness (QED) is 0.493. The number of fused-ring (bicyclic) bond motifs is 1. The molecule has 0 spiro atoms. The largest absolute Gasteiger partial charge is 0.324 e. The lowest BCUT2D eigenvalue weighted by Gasteiger charge is -2.13. The van der Waals surface area contributed by atoms with Crippen LogP contribution in [0.5, 0.6) is 0 Å². The molecule has 4 aromatic rings. The molecule has 1 amide bonds. The third-order valence-corrected chi connectivity index (χ3v) is 5.06. The molecule has 0 bridgehead atoms. The summed E-state index contributed by atoms with van der Waals surface area (Å²) < 4.78 is 1.95. The van der Waals surface area contributed by atoms with Gasteiger partial charge in [-0.05, 0) is 61.4 Å². The SMILES string of the molecule is Cc1cccc(C)c1NC(=O)Cn1c(-c2ccc(Cl)cc2)nc2ccccc21. The van der Waals surface area contributed by atoms with E-state index in [1.54, 1.807) is 0 Å². The molecule has 1 aromatic heterocycles. The number of nitrogens with zero attached hydrogens (tertiary/aromatic N) is 2. The number of hydrogen-bond donors (Lipinski definition) is 1. The van der Waals surface area contributed by atoms with Crippen LogP contribution in [0.4, 0.5) is 5.69 Å². The second-order valence-corrected chi connectivity index (χ2v) is 7.27. The van der Waals surface area contributed by atoms with Crippen LogP contribution in [-0.2, 0) is 11.3 Å². The van der Waals surface area contributed by atoms with Crippen LogP contribution in [0.25, 0.3) is 22.4 Å². The number of halogens is 1. The van der Waals surface area contributed by atoms with Crippen LogP contribution in [0.2, 0.25) is 5.02 Å². The van der Waals surface area contributed by atoms with Crippen molar-refractivity contribution < 1.29 is 4.79 Å². The molecule has 28 heavy (non-hydrogen) atoms. The molecule has 0 aliphatic rings. The van der Waals surface area contributed by atoms with Gasteiger partial charge in [-0.25, -0.2) is 4.98 Å². The van der Waals surface area contributed by atoms with Crippen LogP contribution in [-0.4, -0.2) is 15.5 Å². The first kappa shape index (κ1) is 18.3. The van der Waals surface area contributed by atoms with E-state index in [4.69, 9.17) is 16.6 Å². The van der Waals surface area contributed by atoms with E-state index >= 15 is 0 Å². The summed E-state index contributed by atoms with van der Waals surface area (Å²) in [5.41, 5.74) is 5.64. The van der Waals surface area contributed by atoms with Crippen molar-refractivity contribution in [3.63, 3.8) is 0 Å². The van der Waals surface area contributed by atoms with Gasteiger partial charge < -0.3 is 9.88 Å². The molecule has 1 N–H and O–H groups in total. The Morgan fingerprint density at radius 3 is 2.36 bits per heavy atom. The normalized spacial score (nSPS) is 11.0. The second-order valence-electron chi connectivity index (χ2n) is 6.83. The molecular weight excluding hydrogens is 370 g/mol. The van der Waals surface area contributed by atoms with Crippen molar-refractivity contribution in [1.82, 2.24) is 9.55 Å². The number of amides is 1. The maximum atomic E-state index is 12.9. The average Bonchev–Trinajstić information content (AvgIpc) is 3.04. The lowest BCUT2D eigenvalue weighted by Crippen LogP contribution is -2.20. The fourth-order valence-corrected chi connectivity index (χ4v) is 3.52. The number of aryl methyl sites for hydroxylation is 2. The fraction of sp³-hybridized carbons (Fsp3) is 0.130. The minimum absolute atomic E-state index is 0.0873. The van der Waals surface area contributed by atoms with E-state index in [0.717, 1.165) is 39.2 Å². The Balaban J connectivity index is 1.72. The number of nitrogens with one attached hydrogen (secondary N) is 1. The van der Waals surface area contributed by atoms with Crippen molar-refractivity contribution >= 4 is 34.2 Å². The monoisotopic (exact) mass is 389 g/mol. The Morgan fingerprint density at radius 2 is 1.64 bits per heavy atom. The molecular formula is C23H20ClN3O. The van der Waals surface area contributed by atoms with Crippen molar-refractivity contribution in [2.24, 2.45) is 0 Å². The Kier molecular flexibility index (Phi) is 4.88. The van der Waals surface area contributed by atoms with Gasteiger partial charge >= 0.3 is 0 Å². The molecule has 5 heteroatoms. The summed E-state index contributed by atoms with van der Waals surface area (Å²) in [5, 5.41) is 3.73. The summed E-state index contributed by atoms with van der Waals surface area (Å²) in [6.45, 7) is 4.16. The summed E-state index contributed by atoms with van der Waals surface area (Å²) in [6.07, 6.45) is 0. The topological polar surface area (TPSA) is 46.9 Å². The number of carbonyl (C=O) groups excluding carboxylic acids is 1. The summed E-state index contributed by atoms with van der Waals surface area (Å²) in [6, 6.07) is 21.3. The molecule has 4 nitrogen and oxygen atoms in total. The first-order chi connectivity index (χ1) is 13.5.